The Balaban J connectivity index is 2.01. The third-order valence-electron chi connectivity index (χ3n) is 3.60. The van der Waals surface area contributed by atoms with Crippen molar-refractivity contribution in [1.82, 2.24) is 4.90 Å². The van der Waals surface area contributed by atoms with E-state index in [1.54, 1.807) is 0 Å². The third kappa shape index (κ3) is 3.41. The van der Waals surface area contributed by atoms with E-state index in [9.17, 15) is 13.9 Å². The molecule has 0 spiro atoms. The van der Waals surface area contributed by atoms with Gasteiger partial charge in [0.1, 0.15) is 17.7 Å². The number of hydrogen-bond acceptors (Lipinski definition) is 4. The average molecular weight is 298 g/mol. The van der Waals surface area contributed by atoms with Gasteiger partial charge in [0.15, 0.2) is 0 Å². The average Bonchev–Trinajstić information content (AvgIpc) is 2.33. The molecular formula is C14H16F2N2OS. The molecule has 1 fully saturated rings. The lowest BCUT2D eigenvalue weighted by Crippen LogP contribution is -2.49. The third-order valence-corrected chi connectivity index (χ3v) is 4.26. The molecule has 0 bridgehead atoms. The van der Waals surface area contributed by atoms with Gasteiger partial charge in [0, 0.05) is 25.7 Å². The summed E-state index contributed by atoms with van der Waals surface area (Å²) in [4.78, 5) is 1.84. The van der Waals surface area contributed by atoms with Crippen molar-refractivity contribution in [1.29, 1.82) is 5.26 Å². The van der Waals surface area contributed by atoms with E-state index >= 15 is 0 Å². The summed E-state index contributed by atoms with van der Waals surface area (Å²) in [5.41, 5.74) is 0.599. The highest BCUT2D eigenvalue weighted by Crippen LogP contribution is 2.34. The molecule has 3 nitrogen and oxygen atoms in total. The predicted molar refractivity (Wildman–Crippen MR) is 74.8 cm³/mol. The Bertz CT molecular complexity index is 514. The molecule has 2 rings (SSSR count). The number of benzene rings is 1. The van der Waals surface area contributed by atoms with Crippen molar-refractivity contribution in [3.8, 4) is 11.8 Å². The van der Waals surface area contributed by atoms with Crippen LogP contribution in [0.25, 0.3) is 0 Å². The number of thiol groups is 1. The molecule has 6 heteroatoms. The first-order chi connectivity index (χ1) is 9.43. The zero-order chi connectivity index (χ0) is 14.8. The summed E-state index contributed by atoms with van der Waals surface area (Å²) < 4.78 is 26.4. The van der Waals surface area contributed by atoms with Crippen LogP contribution in [-0.2, 0) is 6.54 Å². The van der Waals surface area contributed by atoms with E-state index in [1.165, 1.54) is 12.1 Å². The van der Waals surface area contributed by atoms with Crippen molar-refractivity contribution < 1.29 is 13.9 Å². The number of likely N-dealkylation sites (tertiary alicyclic amines) is 1. The molecule has 20 heavy (non-hydrogen) atoms. The molecule has 2 atom stereocenters. The van der Waals surface area contributed by atoms with Gasteiger partial charge in [0.25, 0.3) is 0 Å². The van der Waals surface area contributed by atoms with Gasteiger partial charge in [-0.15, -0.1) is 0 Å². The summed E-state index contributed by atoms with van der Waals surface area (Å²) >= 11 is 4.30. The normalized spacial score (nSPS) is 27.2. The molecule has 0 aliphatic carbocycles. The molecule has 1 aliphatic rings. The highest BCUT2D eigenvalue weighted by atomic mass is 32.1. The zero-order valence-corrected chi connectivity index (χ0v) is 11.8. The van der Waals surface area contributed by atoms with Gasteiger partial charge in [-0.05, 0) is 24.1 Å². The number of nitrogens with zero attached hydrogens (tertiary/aromatic N) is 2. The van der Waals surface area contributed by atoms with E-state index in [-0.39, 0.29) is 18.7 Å². The van der Waals surface area contributed by atoms with Crippen LogP contribution >= 0.6 is 12.6 Å². The van der Waals surface area contributed by atoms with Crippen LogP contribution < -0.4 is 0 Å². The second kappa shape index (κ2) is 5.98. The van der Waals surface area contributed by atoms with Crippen LogP contribution in [0.1, 0.15) is 18.4 Å². The summed E-state index contributed by atoms with van der Waals surface area (Å²) in [5.74, 6) is -0.649. The fourth-order valence-electron chi connectivity index (χ4n) is 2.46. The minimum atomic E-state index is -1.21. The summed E-state index contributed by atoms with van der Waals surface area (Å²) in [5, 5.41) is 18.1. The minimum absolute atomic E-state index is 0.0753. The van der Waals surface area contributed by atoms with Crippen molar-refractivity contribution in [3.63, 3.8) is 0 Å². The van der Waals surface area contributed by atoms with Crippen molar-refractivity contribution in [2.24, 2.45) is 0 Å². The molecule has 1 N–H and O–H groups in total. The van der Waals surface area contributed by atoms with E-state index in [4.69, 9.17) is 5.26 Å². The molecule has 0 saturated carbocycles. The maximum Gasteiger partial charge on any atom is 0.128 e. The Morgan fingerprint density at radius 2 is 2.25 bits per heavy atom. The molecule has 1 aliphatic heterocycles. The van der Waals surface area contributed by atoms with Gasteiger partial charge >= 0.3 is 0 Å². The summed E-state index contributed by atoms with van der Waals surface area (Å²) in [7, 11) is 0. The molecule has 0 amide bonds. The number of nitriles is 1. The van der Waals surface area contributed by atoms with E-state index in [0.29, 0.717) is 25.1 Å². The Kier molecular flexibility index (Phi) is 4.51. The molecule has 2 unspecified atom stereocenters. The van der Waals surface area contributed by atoms with Crippen LogP contribution in [0.4, 0.5) is 8.78 Å². The second-order valence-electron chi connectivity index (χ2n) is 5.21. The molecule has 1 aromatic rings. The van der Waals surface area contributed by atoms with Crippen LogP contribution in [0.2, 0.25) is 0 Å². The summed E-state index contributed by atoms with van der Waals surface area (Å²) in [6.07, 6.45) is -0.667. The van der Waals surface area contributed by atoms with Gasteiger partial charge in [-0.25, -0.2) is 8.78 Å². The standard InChI is InChI=1S/C14H16F2N2OS/c15-11-5-10(6-12(19)7-11)8-18-4-2-14(20,1-3-17)13(16)9-18/h5-7,13,19-20H,1-2,4,8-9H2. The predicted octanol–water partition coefficient (Wildman–Crippen LogP) is 2.66. The highest BCUT2D eigenvalue weighted by Gasteiger charge is 2.40. The van der Waals surface area contributed by atoms with E-state index in [1.807, 2.05) is 11.0 Å². The highest BCUT2D eigenvalue weighted by molar-refractivity contribution is 7.81. The summed E-state index contributed by atoms with van der Waals surface area (Å²) in [6, 6.07) is 5.79. The van der Waals surface area contributed by atoms with E-state index < -0.39 is 16.7 Å². The van der Waals surface area contributed by atoms with Crippen LogP contribution in [0, 0.1) is 17.1 Å². The quantitative estimate of drug-likeness (QED) is 0.843. The van der Waals surface area contributed by atoms with Gasteiger partial charge < -0.3 is 5.11 Å². The second-order valence-corrected chi connectivity index (χ2v) is 6.10. The van der Waals surface area contributed by atoms with Crippen molar-refractivity contribution in [2.45, 2.75) is 30.3 Å². The zero-order valence-electron chi connectivity index (χ0n) is 10.9. The van der Waals surface area contributed by atoms with Gasteiger partial charge in [0.2, 0.25) is 0 Å². The van der Waals surface area contributed by atoms with E-state index in [0.717, 1.165) is 6.07 Å². The number of rotatable bonds is 3. The topological polar surface area (TPSA) is 47.3 Å². The van der Waals surface area contributed by atoms with Crippen molar-refractivity contribution >= 4 is 12.6 Å². The number of alkyl halides is 1. The number of phenols is 1. The van der Waals surface area contributed by atoms with Gasteiger partial charge in [-0.3, -0.25) is 4.90 Å². The van der Waals surface area contributed by atoms with Crippen LogP contribution in [0.15, 0.2) is 18.2 Å². The number of phenolic OH excluding ortho intramolecular Hbond substituents is 1. The van der Waals surface area contributed by atoms with Crippen LogP contribution in [0.5, 0.6) is 5.75 Å². The lowest BCUT2D eigenvalue weighted by atomic mass is 9.91. The molecule has 108 valence electrons. The molecular weight excluding hydrogens is 282 g/mol. The Morgan fingerprint density at radius 3 is 2.85 bits per heavy atom. The van der Waals surface area contributed by atoms with Crippen LogP contribution in [-0.4, -0.2) is 34.0 Å². The smallest absolute Gasteiger partial charge is 0.128 e. The lowest BCUT2D eigenvalue weighted by Gasteiger charge is -2.40. The molecule has 0 radical (unpaired) electrons. The SMILES string of the molecule is N#CCC1(S)CCN(Cc2cc(O)cc(F)c2)CC1F. The Hall–Kier alpha value is -1.32. The Labute approximate surface area is 122 Å². The first kappa shape index (κ1) is 15.1. The fraction of sp³-hybridized carbons (Fsp3) is 0.500. The first-order valence-electron chi connectivity index (χ1n) is 6.37. The number of piperidine rings is 1. The van der Waals surface area contributed by atoms with Gasteiger partial charge in [0.05, 0.1) is 17.2 Å². The number of halogens is 2. The van der Waals surface area contributed by atoms with Crippen molar-refractivity contribution in [2.75, 3.05) is 13.1 Å². The van der Waals surface area contributed by atoms with Gasteiger partial charge in [-0.1, -0.05) is 0 Å². The first-order valence-corrected chi connectivity index (χ1v) is 6.82. The Morgan fingerprint density at radius 1 is 1.50 bits per heavy atom. The van der Waals surface area contributed by atoms with Crippen LogP contribution in [0.3, 0.4) is 0 Å². The largest absolute Gasteiger partial charge is 0.508 e. The summed E-state index contributed by atoms with van der Waals surface area (Å²) in [6.45, 7) is 1.10. The molecule has 1 saturated heterocycles. The lowest BCUT2D eigenvalue weighted by molar-refractivity contribution is 0.101. The fourth-order valence-corrected chi connectivity index (χ4v) is 2.71. The molecule has 1 heterocycles. The molecule has 1 aromatic carbocycles. The maximum absolute atomic E-state index is 14.1. The maximum atomic E-state index is 14.1. The molecule has 0 aromatic heterocycles. The van der Waals surface area contributed by atoms with E-state index in [2.05, 4.69) is 12.6 Å². The monoisotopic (exact) mass is 298 g/mol. The number of aromatic hydroxyl groups is 1. The number of hydrogen-bond donors (Lipinski definition) is 2. The van der Waals surface area contributed by atoms with Gasteiger partial charge in [-0.2, -0.15) is 17.9 Å². The van der Waals surface area contributed by atoms with Crippen molar-refractivity contribution in [3.05, 3.63) is 29.6 Å². The minimum Gasteiger partial charge on any atom is -0.508 e.